The van der Waals surface area contributed by atoms with E-state index in [0.29, 0.717) is 11.5 Å². The highest BCUT2D eigenvalue weighted by atomic mass is 16.5. The first kappa shape index (κ1) is 18.8. The molecule has 0 fully saturated rings. The van der Waals surface area contributed by atoms with E-state index in [1.165, 1.54) is 0 Å². The average molecular weight is 367 g/mol. The van der Waals surface area contributed by atoms with Crippen LogP contribution in [-0.2, 0) is 17.8 Å². The van der Waals surface area contributed by atoms with Gasteiger partial charge in [-0.1, -0.05) is 18.2 Å². The molecular weight excluding hydrogens is 342 g/mol. The van der Waals surface area contributed by atoms with Gasteiger partial charge in [0.2, 0.25) is 5.91 Å². The van der Waals surface area contributed by atoms with Gasteiger partial charge in [0.15, 0.2) is 11.5 Å². The van der Waals surface area contributed by atoms with Gasteiger partial charge in [-0.2, -0.15) is 0 Å². The van der Waals surface area contributed by atoms with E-state index in [2.05, 4.69) is 16.8 Å². The maximum absolute atomic E-state index is 12.5. The lowest BCUT2D eigenvalue weighted by molar-refractivity contribution is -0.121. The molecule has 2 aromatic carbocycles. The minimum atomic E-state index is -0.190. The van der Waals surface area contributed by atoms with Gasteiger partial charge < -0.3 is 19.4 Å². The van der Waals surface area contributed by atoms with Crippen molar-refractivity contribution in [3.8, 4) is 11.5 Å². The summed E-state index contributed by atoms with van der Waals surface area (Å²) in [6, 6.07) is 13.3. The second-order valence-electron chi connectivity index (χ2n) is 6.36. The molecule has 6 nitrogen and oxygen atoms in total. The zero-order valence-corrected chi connectivity index (χ0v) is 16.2. The molecule has 0 aliphatic heterocycles. The largest absolute Gasteiger partial charge is 0.493 e. The number of methoxy groups -OCH3 is 2. The molecule has 1 atom stereocenters. The molecule has 0 aliphatic carbocycles. The topological polar surface area (TPSA) is 65.4 Å². The number of rotatable bonds is 7. The third-order valence-corrected chi connectivity index (χ3v) is 4.58. The first-order valence-electron chi connectivity index (χ1n) is 9.02. The zero-order valence-electron chi connectivity index (χ0n) is 16.2. The first-order valence-corrected chi connectivity index (χ1v) is 9.02. The summed E-state index contributed by atoms with van der Waals surface area (Å²) in [6.07, 6.45) is 0.261. The number of nitrogens with one attached hydrogen (secondary N) is 1. The SMILES string of the molecule is CCn1c(C(C)NC(=O)Cc2ccc(OC)c(OC)c2)nc2ccccc21. The zero-order chi connectivity index (χ0) is 19.4. The van der Waals surface area contributed by atoms with Crippen LogP contribution in [0.4, 0.5) is 0 Å². The summed E-state index contributed by atoms with van der Waals surface area (Å²) in [4.78, 5) is 17.3. The van der Waals surface area contributed by atoms with Crippen molar-refractivity contribution in [2.24, 2.45) is 0 Å². The molecule has 0 saturated heterocycles. The number of carbonyl (C=O) groups is 1. The van der Waals surface area contributed by atoms with E-state index in [1.807, 2.05) is 43.3 Å². The maximum Gasteiger partial charge on any atom is 0.224 e. The molecule has 0 radical (unpaired) electrons. The Balaban J connectivity index is 1.75. The fraction of sp³-hybridized carbons (Fsp3) is 0.333. The van der Waals surface area contributed by atoms with E-state index in [-0.39, 0.29) is 18.4 Å². The van der Waals surface area contributed by atoms with Crippen LogP contribution in [0.15, 0.2) is 42.5 Å². The van der Waals surface area contributed by atoms with Gasteiger partial charge in [0, 0.05) is 6.54 Å². The van der Waals surface area contributed by atoms with Gasteiger partial charge in [-0.05, 0) is 43.7 Å². The molecule has 0 aliphatic rings. The number of benzene rings is 2. The number of hydrogen-bond donors (Lipinski definition) is 1. The Morgan fingerprint density at radius 3 is 2.59 bits per heavy atom. The summed E-state index contributed by atoms with van der Waals surface area (Å²) >= 11 is 0. The maximum atomic E-state index is 12.5. The van der Waals surface area contributed by atoms with E-state index in [1.54, 1.807) is 20.3 Å². The number of imidazole rings is 1. The van der Waals surface area contributed by atoms with Gasteiger partial charge in [0.25, 0.3) is 0 Å². The standard InChI is InChI=1S/C21H25N3O3/c1-5-24-17-9-7-6-8-16(17)23-21(24)14(2)22-20(25)13-15-10-11-18(26-3)19(12-15)27-4/h6-12,14H,5,13H2,1-4H3,(H,22,25). The molecule has 142 valence electrons. The molecule has 1 aromatic heterocycles. The lowest BCUT2D eigenvalue weighted by Crippen LogP contribution is -2.30. The number of hydrogen-bond acceptors (Lipinski definition) is 4. The normalized spacial score (nSPS) is 12.0. The number of para-hydroxylation sites is 2. The lowest BCUT2D eigenvalue weighted by atomic mass is 10.1. The van der Waals surface area contributed by atoms with Crippen LogP contribution in [-0.4, -0.2) is 29.7 Å². The van der Waals surface area contributed by atoms with E-state index < -0.39 is 0 Å². The van der Waals surface area contributed by atoms with Crippen molar-refractivity contribution in [2.45, 2.75) is 32.9 Å². The minimum absolute atomic E-state index is 0.0653. The summed E-state index contributed by atoms with van der Waals surface area (Å²) < 4.78 is 12.7. The van der Waals surface area contributed by atoms with Gasteiger partial charge in [-0.25, -0.2) is 4.98 Å². The second-order valence-corrected chi connectivity index (χ2v) is 6.36. The third-order valence-electron chi connectivity index (χ3n) is 4.58. The van der Waals surface area contributed by atoms with Crippen LogP contribution in [0.3, 0.4) is 0 Å². The molecule has 0 bridgehead atoms. The van der Waals surface area contributed by atoms with Gasteiger partial charge in [0.05, 0.1) is 37.7 Å². The molecule has 27 heavy (non-hydrogen) atoms. The van der Waals surface area contributed by atoms with E-state index in [4.69, 9.17) is 14.5 Å². The van der Waals surface area contributed by atoms with Crippen LogP contribution < -0.4 is 14.8 Å². The first-order chi connectivity index (χ1) is 13.1. The summed E-state index contributed by atoms with van der Waals surface area (Å²) in [5.74, 6) is 2.05. The Morgan fingerprint density at radius 1 is 1.15 bits per heavy atom. The highest BCUT2D eigenvalue weighted by Gasteiger charge is 2.18. The second kappa shape index (κ2) is 8.12. The summed E-state index contributed by atoms with van der Waals surface area (Å²) in [5.41, 5.74) is 2.88. The van der Waals surface area contributed by atoms with Crippen LogP contribution in [0.5, 0.6) is 11.5 Å². The van der Waals surface area contributed by atoms with Crippen LogP contribution in [0.1, 0.15) is 31.3 Å². The Bertz CT molecular complexity index is 949. The molecular formula is C21H25N3O3. The Kier molecular flexibility index (Phi) is 5.64. The number of aryl methyl sites for hydroxylation is 1. The van der Waals surface area contributed by atoms with E-state index in [0.717, 1.165) is 29.0 Å². The Labute approximate surface area is 159 Å². The molecule has 3 aromatic rings. The van der Waals surface area contributed by atoms with E-state index in [9.17, 15) is 4.79 Å². The van der Waals surface area contributed by atoms with Crippen molar-refractivity contribution in [2.75, 3.05) is 14.2 Å². The number of nitrogens with zero attached hydrogens (tertiary/aromatic N) is 2. The highest BCUT2D eigenvalue weighted by Crippen LogP contribution is 2.28. The molecule has 0 saturated carbocycles. The molecule has 1 N–H and O–H groups in total. The van der Waals surface area contributed by atoms with Crippen LogP contribution in [0, 0.1) is 0 Å². The smallest absolute Gasteiger partial charge is 0.224 e. The third kappa shape index (κ3) is 3.89. The Morgan fingerprint density at radius 2 is 1.89 bits per heavy atom. The van der Waals surface area contributed by atoms with Gasteiger partial charge in [0.1, 0.15) is 5.82 Å². The van der Waals surface area contributed by atoms with Crippen molar-refractivity contribution < 1.29 is 14.3 Å². The van der Waals surface area contributed by atoms with Gasteiger partial charge in [-0.15, -0.1) is 0 Å². The van der Waals surface area contributed by atoms with Crippen molar-refractivity contribution in [1.29, 1.82) is 0 Å². The van der Waals surface area contributed by atoms with Crippen molar-refractivity contribution >= 4 is 16.9 Å². The van der Waals surface area contributed by atoms with Crippen LogP contribution >= 0.6 is 0 Å². The fourth-order valence-corrected chi connectivity index (χ4v) is 3.29. The predicted octanol–water partition coefficient (Wildman–Crippen LogP) is 3.49. The number of amides is 1. The van der Waals surface area contributed by atoms with Gasteiger partial charge in [-0.3, -0.25) is 4.79 Å². The molecule has 0 spiro atoms. The fourth-order valence-electron chi connectivity index (χ4n) is 3.29. The quantitative estimate of drug-likeness (QED) is 0.694. The summed E-state index contributed by atoms with van der Waals surface area (Å²) in [5, 5.41) is 3.05. The average Bonchev–Trinajstić information content (AvgIpc) is 3.06. The number of aromatic nitrogens is 2. The van der Waals surface area contributed by atoms with Crippen LogP contribution in [0.25, 0.3) is 11.0 Å². The molecule has 6 heteroatoms. The monoisotopic (exact) mass is 367 g/mol. The summed E-state index contributed by atoms with van der Waals surface area (Å²) in [6.45, 7) is 4.83. The molecule has 1 unspecified atom stereocenters. The van der Waals surface area contributed by atoms with E-state index >= 15 is 0 Å². The van der Waals surface area contributed by atoms with Crippen molar-refractivity contribution in [3.05, 3.63) is 53.9 Å². The number of carbonyl (C=O) groups excluding carboxylic acids is 1. The van der Waals surface area contributed by atoms with Crippen molar-refractivity contribution in [3.63, 3.8) is 0 Å². The predicted molar refractivity (Wildman–Crippen MR) is 105 cm³/mol. The minimum Gasteiger partial charge on any atom is -0.493 e. The number of ether oxygens (including phenoxy) is 2. The summed E-state index contributed by atoms with van der Waals surface area (Å²) in [7, 11) is 3.17. The highest BCUT2D eigenvalue weighted by molar-refractivity contribution is 5.80. The van der Waals surface area contributed by atoms with Crippen LogP contribution in [0.2, 0.25) is 0 Å². The Hall–Kier alpha value is -3.02. The molecule has 3 rings (SSSR count). The lowest BCUT2D eigenvalue weighted by Gasteiger charge is -2.16. The molecule has 1 heterocycles. The van der Waals surface area contributed by atoms with Gasteiger partial charge >= 0.3 is 0 Å². The number of fused-ring (bicyclic) bond motifs is 1. The van der Waals surface area contributed by atoms with Crippen molar-refractivity contribution in [1.82, 2.24) is 14.9 Å². The molecule has 1 amide bonds.